The maximum absolute atomic E-state index is 13.4. The van der Waals surface area contributed by atoms with E-state index in [0.29, 0.717) is 11.8 Å². The first-order valence-electron chi connectivity index (χ1n) is 5.00. The van der Waals surface area contributed by atoms with Crippen molar-refractivity contribution in [3.63, 3.8) is 0 Å². The third-order valence-electron chi connectivity index (χ3n) is 2.03. The van der Waals surface area contributed by atoms with E-state index in [1.54, 1.807) is 0 Å². The molecule has 0 radical (unpaired) electrons. The Morgan fingerprint density at radius 1 is 1.05 bits per heavy atom. The average Bonchev–Trinajstić information content (AvgIpc) is 2.32. The Hall–Kier alpha value is -1.41. The Labute approximate surface area is 119 Å². The highest BCUT2D eigenvalue weighted by molar-refractivity contribution is 7.99. The molecule has 0 aliphatic heterocycles. The number of hydrogen-bond donors (Lipinski definition) is 0. The van der Waals surface area contributed by atoms with Gasteiger partial charge in [-0.15, -0.1) is 0 Å². The number of halogens is 6. The van der Waals surface area contributed by atoms with Gasteiger partial charge in [0.25, 0.3) is 0 Å². The van der Waals surface area contributed by atoms with Crippen LogP contribution < -0.4 is 0 Å². The van der Waals surface area contributed by atoms with Crippen molar-refractivity contribution < 1.29 is 22.0 Å². The zero-order valence-corrected chi connectivity index (χ0v) is 11.0. The van der Waals surface area contributed by atoms with Gasteiger partial charge in [-0.1, -0.05) is 23.4 Å². The van der Waals surface area contributed by atoms with Crippen LogP contribution in [0.1, 0.15) is 5.82 Å². The van der Waals surface area contributed by atoms with Crippen LogP contribution in [0.3, 0.4) is 0 Å². The SMILES string of the molecule is Fc1ccc(F)c(Sc2cc(Cl)nc(C(F)(F)F)n2)c1. The molecule has 9 heteroatoms. The monoisotopic (exact) mass is 326 g/mol. The second-order valence-corrected chi connectivity index (χ2v) is 4.98. The van der Waals surface area contributed by atoms with E-state index in [0.717, 1.165) is 24.3 Å². The molecule has 2 aromatic rings. The van der Waals surface area contributed by atoms with Crippen molar-refractivity contribution in [2.45, 2.75) is 16.1 Å². The Bertz CT molecular complexity index is 647. The highest BCUT2D eigenvalue weighted by atomic mass is 35.5. The molecule has 0 amide bonds. The van der Waals surface area contributed by atoms with E-state index in [-0.39, 0.29) is 9.92 Å². The normalized spacial score (nSPS) is 11.7. The van der Waals surface area contributed by atoms with Crippen molar-refractivity contribution in [1.29, 1.82) is 0 Å². The number of hydrogen-bond acceptors (Lipinski definition) is 3. The Morgan fingerprint density at radius 3 is 2.40 bits per heavy atom. The molecule has 1 aromatic heterocycles. The van der Waals surface area contributed by atoms with Gasteiger partial charge in [0.05, 0.1) is 4.90 Å². The van der Waals surface area contributed by atoms with Crippen LogP contribution in [-0.2, 0) is 6.18 Å². The molecule has 0 unspecified atom stereocenters. The standard InChI is InChI=1S/C11H4ClF5N2S/c12-8-4-9(19-10(18-8)11(15,16)17)20-7-3-5(13)1-2-6(7)14/h1-4H. The Balaban J connectivity index is 2.39. The van der Waals surface area contributed by atoms with E-state index in [2.05, 4.69) is 9.97 Å². The highest BCUT2D eigenvalue weighted by Gasteiger charge is 2.35. The summed E-state index contributed by atoms with van der Waals surface area (Å²) in [7, 11) is 0. The minimum absolute atomic E-state index is 0.201. The van der Waals surface area contributed by atoms with Crippen LogP contribution >= 0.6 is 23.4 Å². The van der Waals surface area contributed by atoms with E-state index >= 15 is 0 Å². The maximum atomic E-state index is 13.4. The number of alkyl halides is 3. The van der Waals surface area contributed by atoms with Gasteiger partial charge in [0.1, 0.15) is 21.8 Å². The first-order chi connectivity index (χ1) is 9.25. The molecule has 0 aliphatic carbocycles. The van der Waals surface area contributed by atoms with Crippen molar-refractivity contribution in [3.8, 4) is 0 Å². The third-order valence-corrected chi connectivity index (χ3v) is 3.18. The quantitative estimate of drug-likeness (QED) is 0.597. The molecule has 2 nitrogen and oxygen atoms in total. The van der Waals surface area contributed by atoms with Gasteiger partial charge in [-0.25, -0.2) is 18.7 Å². The van der Waals surface area contributed by atoms with E-state index in [1.807, 2.05) is 0 Å². The summed E-state index contributed by atoms with van der Waals surface area (Å²) in [5.74, 6) is -2.94. The van der Waals surface area contributed by atoms with Crippen LogP contribution in [0.25, 0.3) is 0 Å². The first kappa shape index (κ1) is 15.0. The zero-order chi connectivity index (χ0) is 14.9. The van der Waals surface area contributed by atoms with Gasteiger partial charge in [0.2, 0.25) is 5.82 Å². The molecular weight excluding hydrogens is 323 g/mol. The van der Waals surface area contributed by atoms with Crippen LogP contribution in [0.15, 0.2) is 34.2 Å². The van der Waals surface area contributed by atoms with Crippen LogP contribution in [0.5, 0.6) is 0 Å². The topological polar surface area (TPSA) is 25.8 Å². The lowest BCUT2D eigenvalue weighted by Crippen LogP contribution is -2.11. The zero-order valence-electron chi connectivity index (χ0n) is 9.38. The van der Waals surface area contributed by atoms with Gasteiger partial charge in [-0.2, -0.15) is 13.2 Å². The van der Waals surface area contributed by atoms with Gasteiger partial charge in [0, 0.05) is 6.07 Å². The third kappa shape index (κ3) is 3.57. The highest BCUT2D eigenvalue weighted by Crippen LogP contribution is 2.33. The molecule has 0 fully saturated rings. The molecule has 1 aromatic carbocycles. The molecule has 0 atom stereocenters. The summed E-state index contributed by atoms with van der Waals surface area (Å²) in [6.07, 6.45) is -4.78. The molecule has 0 aliphatic rings. The molecule has 0 saturated carbocycles. The van der Waals surface area contributed by atoms with Gasteiger partial charge >= 0.3 is 6.18 Å². The lowest BCUT2D eigenvalue weighted by atomic mass is 10.3. The van der Waals surface area contributed by atoms with Crippen molar-refractivity contribution >= 4 is 23.4 Å². The van der Waals surface area contributed by atoms with Crippen molar-refractivity contribution in [2.24, 2.45) is 0 Å². The van der Waals surface area contributed by atoms with Crippen LogP contribution in [0.2, 0.25) is 5.15 Å². The van der Waals surface area contributed by atoms with Crippen LogP contribution in [0.4, 0.5) is 22.0 Å². The van der Waals surface area contributed by atoms with E-state index in [1.165, 1.54) is 0 Å². The molecule has 0 spiro atoms. The molecular formula is C11H4ClF5N2S. The summed E-state index contributed by atoms with van der Waals surface area (Å²) in [5.41, 5.74) is 0. The molecule has 0 N–H and O–H groups in total. The van der Waals surface area contributed by atoms with Crippen molar-refractivity contribution in [3.05, 3.63) is 46.9 Å². The largest absolute Gasteiger partial charge is 0.451 e. The number of benzene rings is 1. The predicted molar refractivity (Wildman–Crippen MR) is 62.5 cm³/mol. The summed E-state index contributed by atoms with van der Waals surface area (Å²) in [6.45, 7) is 0. The van der Waals surface area contributed by atoms with Crippen LogP contribution in [-0.4, -0.2) is 9.97 Å². The predicted octanol–water partition coefficient (Wildman–Crippen LogP) is 4.58. The number of nitrogens with zero attached hydrogens (tertiary/aromatic N) is 2. The lowest BCUT2D eigenvalue weighted by molar-refractivity contribution is -0.145. The van der Waals surface area contributed by atoms with Gasteiger partial charge < -0.3 is 0 Å². The van der Waals surface area contributed by atoms with Crippen molar-refractivity contribution in [2.75, 3.05) is 0 Å². The number of rotatable bonds is 2. The van der Waals surface area contributed by atoms with Gasteiger partial charge in [0.15, 0.2) is 0 Å². The lowest BCUT2D eigenvalue weighted by Gasteiger charge is -2.08. The maximum Gasteiger partial charge on any atom is 0.451 e. The molecule has 20 heavy (non-hydrogen) atoms. The first-order valence-corrected chi connectivity index (χ1v) is 6.20. The second kappa shape index (κ2) is 5.53. The summed E-state index contributed by atoms with van der Waals surface area (Å²) in [4.78, 5) is 6.06. The summed E-state index contributed by atoms with van der Waals surface area (Å²) >= 11 is 5.98. The fourth-order valence-electron chi connectivity index (χ4n) is 1.24. The van der Waals surface area contributed by atoms with E-state index < -0.39 is 28.8 Å². The Morgan fingerprint density at radius 2 is 1.75 bits per heavy atom. The van der Waals surface area contributed by atoms with E-state index in [9.17, 15) is 22.0 Å². The fraction of sp³-hybridized carbons (Fsp3) is 0.0909. The molecule has 0 bridgehead atoms. The van der Waals surface area contributed by atoms with Gasteiger partial charge in [-0.3, -0.25) is 0 Å². The summed E-state index contributed by atoms with van der Waals surface area (Å²) in [6, 6.07) is 3.65. The minimum atomic E-state index is -4.78. The molecule has 106 valence electrons. The molecule has 2 rings (SSSR count). The fourth-order valence-corrected chi connectivity index (χ4v) is 2.36. The summed E-state index contributed by atoms with van der Waals surface area (Å²) < 4.78 is 63.9. The number of aromatic nitrogens is 2. The Kier molecular flexibility index (Phi) is 4.14. The van der Waals surface area contributed by atoms with Crippen molar-refractivity contribution in [1.82, 2.24) is 9.97 Å². The van der Waals surface area contributed by atoms with Crippen LogP contribution in [0, 0.1) is 11.6 Å². The summed E-state index contributed by atoms with van der Waals surface area (Å²) in [5, 5.41) is -0.673. The van der Waals surface area contributed by atoms with Gasteiger partial charge in [-0.05, 0) is 18.2 Å². The average molecular weight is 327 g/mol. The minimum Gasteiger partial charge on any atom is -0.217 e. The molecule has 1 heterocycles. The van der Waals surface area contributed by atoms with E-state index in [4.69, 9.17) is 11.6 Å². The second-order valence-electron chi connectivity index (χ2n) is 3.53. The smallest absolute Gasteiger partial charge is 0.217 e. The molecule has 0 saturated heterocycles.